The van der Waals surface area contributed by atoms with Crippen molar-refractivity contribution in [1.82, 2.24) is 5.16 Å². The standard InChI is InChI=1S/C11H10N2O4/c1-7-10(6-12-17-7)16-11(15)13-8-2-4-9(14)5-3-8/h2-6,14H,1H3,(H,13,15). The molecule has 1 amide bonds. The maximum Gasteiger partial charge on any atom is 0.417 e. The lowest BCUT2D eigenvalue weighted by Crippen LogP contribution is -2.16. The van der Waals surface area contributed by atoms with Gasteiger partial charge in [0.25, 0.3) is 0 Å². The number of anilines is 1. The van der Waals surface area contributed by atoms with E-state index < -0.39 is 6.09 Å². The van der Waals surface area contributed by atoms with Crippen molar-refractivity contribution in [2.45, 2.75) is 6.92 Å². The van der Waals surface area contributed by atoms with Crippen LogP contribution in [0.4, 0.5) is 10.5 Å². The van der Waals surface area contributed by atoms with Crippen LogP contribution in [0.15, 0.2) is 35.0 Å². The molecule has 2 aromatic rings. The van der Waals surface area contributed by atoms with Crippen molar-refractivity contribution in [3.05, 3.63) is 36.2 Å². The van der Waals surface area contributed by atoms with E-state index >= 15 is 0 Å². The number of nitrogens with one attached hydrogen (secondary N) is 1. The summed E-state index contributed by atoms with van der Waals surface area (Å²) in [4.78, 5) is 11.5. The predicted octanol–water partition coefficient (Wildman–Crippen LogP) is 2.30. The van der Waals surface area contributed by atoms with E-state index in [2.05, 4.69) is 10.5 Å². The van der Waals surface area contributed by atoms with Crippen LogP contribution in [0, 0.1) is 6.92 Å². The molecule has 0 aliphatic rings. The molecule has 1 heterocycles. The Bertz CT molecular complexity index is 519. The highest BCUT2D eigenvalue weighted by Gasteiger charge is 2.10. The topological polar surface area (TPSA) is 84.6 Å². The highest BCUT2D eigenvalue weighted by atomic mass is 16.6. The third-order valence-electron chi connectivity index (χ3n) is 2.02. The molecular formula is C11H10N2O4. The summed E-state index contributed by atoms with van der Waals surface area (Å²) >= 11 is 0. The van der Waals surface area contributed by atoms with Gasteiger partial charge in [-0.25, -0.2) is 4.79 Å². The first-order valence-corrected chi connectivity index (χ1v) is 4.84. The number of aromatic hydroxyl groups is 1. The molecule has 0 spiro atoms. The van der Waals surface area contributed by atoms with E-state index in [-0.39, 0.29) is 11.5 Å². The molecule has 0 unspecified atom stereocenters. The van der Waals surface area contributed by atoms with Gasteiger partial charge < -0.3 is 14.4 Å². The number of hydrogen-bond donors (Lipinski definition) is 2. The third-order valence-corrected chi connectivity index (χ3v) is 2.02. The summed E-state index contributed by atoms with van der Waals surface area (Å²) in [5, 5.41) is 15.0. The van der Waals surface area contributed by atoms with Gasteiger partial charge in [-0.2, -0.15) is 0 Å². The van der Waals surface area contributed by atoms with Crippen molar-refractivity contribution in [3.8, 4) is 11.5 Å². The van der Waals surface area contributed by atoms with Gasteiger partial charge in [-0.05, 0) is 24.3 Å². The normalized spacial score (nSPS) is 9.94. The summed E-state index contributed by atoms with van der Waals surface area (Å²) < 4.78 is 9.69. The Morgan fingerprint density at radius 2 is 2.12 bits per heavy atom. The summed E-state index contributed by atoms with van der Waals surface area (Å²) in [5.41, 5.74) is 0.516. The molecule has 0 saturated carbocycles. The number of aryl methyl sites for hydroxylation is 1. The molecule has 0 bridgehead atoms. The minimum absolute atomic E-state index is 0.124. The lowest BCUT2D eigenvalue weighted by Gasteiger charge is -2.04. The summed E-state index contributed by atoms with van der Waals surface area (Å²) in [7, 11) is 0. The van der Waals surface area contributed by atoms with E-state index in [1.165, 1.54) is 18.3 Å². The Morgan fingerprint density at radius 3 is 2.71 bits per heavy atom. The number of aromatic nitrogens is 1. The molecule has 2 N–H and O–H groups in total. The average Bonchev–Trinajstić information content (AvgIpc) is 2.68. The molecule has 88 valence electrons. The molecule has 0 radical (unpaired) electrons. The maximum atomic E-state index is 11.5. The number of rotatable bonds is 2. The van der Waals surface area contributed by atoms with Crippen LogP contribution in [0.5, 0.6) is 11.5 Å². The molecule has 0 fully saturated rings. The van der Waals surface area contributed by atoms with Crippen molar-refractivity contribution in [1.29, 1.82) is 0 Å². The Hall–Kier alpha value is -2.50. The van der Waals surface area contributed by atoms with Crippen molar-refractivity contribution in [3.63, 3.8) is 0 Å². The highest BCUT2D eigenvalue weighted by Crippen LogP contribution is 2.17. The lowest BCUT2D eigenvalue weighted by atomic mass is 10.3. The number of amides is 1. The van der Waals surface area contributed by atoms with Crippen LogP contribution in [0.1, 0.15) is 5.76 Å². The minimum Gasteiger partial charge on any atom is -0.508 e. The zero-order chi connectivity index (χ0) is 12.3. The molecule has 0 saturated heterocycles. The summed E-state index contributed by atoms with van der Waals surface area (Å²) in [5.74, 6) is 0.811. The van der Waals surface area contributed by atoms with Gasteiger partial charge in [0.15, 0.2) is 11.5 Å². The Kier molecular flexibility index (Phi) is 2.95. The van der Waals surface area contributed by atoms with Crippen molar-refractivity contribution in [2.75, 3.05) is 5.32 Å². The fourth-order valence-corrected chi connectivity index (χ4v) is 1.18. The lowest BCUT2D eigenvalue weighted by molar-refractivity contribution is 0.214. The second-order valence-electron chi connectivity index (χ2n) is 3.31. The smallest absolute Gasteiger partial charge is 0.417 e. The number of carbonyl (C=O) groups excluding carboxylic acids is 1. The molecule has 6 heteroatoms. The summed E-state index contributed by atoms with van der Waals surface area (Å²) in [6, 6.07) is 6.02. The number of phenolic OH excluding ortho intramolecular Hbond substituents is 1. The Balaban J connectivity index is 1.98. The number of phenols is 1. The van der Waals surface area contributed by atoms with Gasteiger partial charge >= 0.3 is 6.09 Å². The second-order valence-corrected chi connectivity index (χ2v) is 3.31. The van der Waals surface area contributed by atoms with Gasteiger partial charge in [-0.3, -0.25) is 5.32 Å². The summed E-state index contributed by atoms with van der Waals surface area (Å²) in [6.07, 6.45) is 0.660. The molecule has 1 aromatic carbocycles. The number of carbonyl (C=O) groups is 1. The maximum absolute atomic E-state index is 11.5. The van der Waals surface area contributed by atoms with Crippen LogP contribution in [0.3, 0.4) is 0 Å². The van der Waals surface area contributed by atoms with E-state index in [1.54, 1.807) is 19.1 Å². The van der Waals surface area contributed by atoms with Crippen molar-refractivity contribution < 1.29 is 19.2 Å². The fourth-order valence-electron chi connectivity index (χ4n) is 1.18. The first-order valence-electron chi connectivity index (χ1n) is 4.84. The molecule has 6 nitrogen and oxygen atoms in total. The van der Waals surface area contributed by atoms with E-state index in [0.29, 0.717) is 11.4 Å². The van der Waals surface area contributed by atoms with E-state index in [9.17, 15) is 4.79 Å². The van der Waals surface area contributed by atoms with Crippen molar-refractivity contribution in [2.24, 2.45) is 0 Å². The van der Waals surface area contributed by atoms with Crippen LogP contribution in [-0.4, -0.2) is 16.4 Å². The largest absolute Gasteiger partial charge is 0.508 e. The highest BCUT2D eigenvalue weighted by molar-refractivity contribution is 5.86. The molecular weight excluding hydrogens is 224 g/mol. The van der Waals surface area contributed by atoms with Crippen molar-refractivity contribution >= 4 is 11.8 Å². The molecule has 0 aliphatic heterocycles. The second kappa shape index (κ2) is 4.56. The zero-order valence-corrected chi connectivity index (χ0v) is 9.01. The quantitative estimate of drug-likeness (QED) is 0.779. The summed E-state index contributed by atoms with van der Waals surface area (Å²) in [6.45, 7) is 1.64. The third kappa shape index (κ3) is 2.75. The molecule has 0 aliphatic carbocycles. The van der Waals surface area contributed by atoms with Gasteiger partial charge in [-0.1, -0.05) is 5.16 Å². The van der Waals surface area contributed by atoms with Crippen LogP contribution in [-0.2, 0) is 0 Å². The predicted molar refractivity (Wildman–Crippen MR) is 59.0 cm³/mol. The van der Waals surface area contributed by atoms with Gasteiger partial charge in [-0.15, -0.1) is 0 Å². The number of benzene rings is 1. The van der Waals surface area contributed by atoms with Gasteiger partial charge in [0.05, 0.1) is 0 Å². The monoisotopic (exact) mass is 234 g/mol. The van der Waals surface area contributed by atoms with Gasteiger partial charge in [0.1, 0.15) is 11.9 Å². The molecule has 17 heavy (non-hydrogen) atoms. The van der Waals surface area contributed by atoms with Crippen LogP contribution in [0.25, 0.3) is 0 Å². The fraction of sp³-hybridized carbons (Fsp3) is 0.0909. The van der Waals surface area contributed by atoms with Crippen LogP contribution >= 0.6 is 0 Å². The molecule has 1 aromatic heterocycles. The molecule has 0 atom stereocenters. The zero-order valence-electron chi connectivity index (χ0n) is 9.01. The Labute approximate surface area is 96.8 Å². The number of nitrogens with zero attached hydrogens (tertiary/aromatic N) is 1. The van der Waals surface area contributed by atoms with E-state index in [1.807, 2.05) is 0 Å². The first-order chi connectivity index (χ1) is 8.15. The first kappa shape index (κ1) is 11.0. The van der Waals surface area contributed by atoms with Gasteiger partial charge in [0.2, 0.25) is 0 Å². The minimum atomic E-state index is -0.651. The van der Waals surface area contributed by atoms with Gasteiger partial charge in [0, 0.05) is 12.6 Å². The number of ether oxygens (including phenoxy) is 1. The van der Waals surface area contributed by atoms with Crippen LogP contribution < -0.4 is 10.1 Å². The van der Waals surface area contributed by atoms with Crippen LogP contribution in [0.2, 0.25) is 0 Å². The number of hydrogen-bond acceptors (Lipinski definition) is 5. The Morgan fingerprint density at radius 1 is 1.41 bits per heavy atom. The SMILES string of the molecule is Cc1oncc1OC(=O)Nc1ccc(O)cc1. The molecule has 2 rings (SSSR count). The van der Waals surface area contributed by atoms with E-state index in [0.717, 1.165) is 0 Å². The van der Waals surface area contributed by atoms with E-state index in [4.69, 9.17) is 14.4 Å². The average molecular weight is 234 g/mol.